The summed E-state index contributed by atoms with van der Waals surface area (Å²) in [4.78, 5) is 15.8. The van der Waals surface area contributed by atoms with E-state index in [-0.39, 0.29) is 17.7 Å². The number of hydrogen-bond donors (Lipinski definition) is 0. The molecule has 0 atom stereocenters. The number of piperazine rings is 1. The average molecular weight is 228 g/mol. The van der Waals surface area contributed by atoms with Crippen LogP contribution in [0.4, 0.5) is 4.79 Å². The lowest BCUT2D eigenvalue weighted by Crippen LogP contribution is -2.54. The first kappa shape index (κ1) is 13.3. The van der Waals surface area contributed by atoms with Crippen molar-refractivity contribution in [3.05, 3.63) is 0 Å². The molecule has 0 aromatic heterocycles. The number of ether oxygens (including phenoxy) is 1. The van der Waals surface area contributed by atoms with Crippen LogP contribution in [-0.2, 0) is 4.74 Å². The summed E-state index contributed by atoms with van der Waals surface area (Å²) in [6.07, 6.45) is -0.211. The second kappa shape index (κ2) is 5.04. The zero-order valence-electron chi connectivity index (χ0n) is 11.1. The van der Waals surface area contributed by atoms with Crippen LogP contribution >= 0.6 is 0 Å². The fourth-order valence-corrected chi connectivity index (χ4v) is 1.84. The number of rotatable bonds is 1. The summed E-state index contributed by atoms with van der Waals surface area (Å²) in [5.41, 5.74) is 0.189. The molecule has 0 radical (unpaired) electrons. The number of amides is 1. The minimum Gasteiger partial charge on any atom is -0.447 e. The van der Waals surface area contributed by atoms with Crippen molar-refractivity contribution in [1.82, 2.24) is 9.80 Å². The molecule has 0 spiro atoms. The highest BCUT2D eigenvalue weighted by Gasteiger charge is 2.28. The predicted octanol–water partition coefficient (Wildman–Crippen LogP) is 1.95. The van der Waals surface area contributed by atoms with Crippen LogP contribution in [0.3, 0.4) is 0 Å². The van der Waals surface area contributed by atoms with Gasteiger partial charge in [-0.05, 0) is 34.6 Å². The highest BCUT2D eigenvalue weighted by atomic mass is 16.6. The third kappa shape index (κ3) is 3.67. The van der Waals surface area contributed by atoms with Gasteiger partial charge in [0.05, 0.1) is 6.10 Å². The maximum Gasteiger partial charge on any atom is 0.410 e. The standard InChI is InChI=1S/C12H24N2O2/c1-10(2)16-11(15)13-6-8-14(9-7-13)12(3,4)5/h10H,6-9H2,1-5H3. The molecule has 1 saturated heterocycles. The van der Waals surface area contributed by atoms with Crippen LogP contribution in [0.1, 0.15) is 34.6 Å². The van der Waals surface area contributed by atoms with Gasteiger partial charge in [-0.2, -0.15) is 0 Å². The van der Waals surface area contributed by atoms with Crippen LogP contribution in [0.15, 0.2) is 0 Å². The first-order valence-electron chi connectivity index (χ1n) is 6.01. The van der Waals surface area contributed by atoms with Crippen molar-refractivity contribution in [2.75, 3.05) is 26.2 Å². The Kier molecular flexibility index (Phi) is 4.19. The molecule has 0 N–H and O–H groups in total. The van der Waals surface area contributed by atoms with E-state index < -0.39 is 0 Å². The Morgan fingerprint density at radius 1 is 1.12 bits per heavy atom. The monoisotopic (exact) mass is 228 g/mol. The zero-order valence-corrected chi connectivity index (χ0v) is 11.1. The van der Waals surface area contributed by atoms with Crippen molar-refractivity contribution in [3.63, 3.8) is 0 Å². The van der Waals surface area contributed by atoms with Gasteiger partial charge in [-0.15, -0.1) is 0 Å². The Balaban J connectivity index is 2.40. The van der Waals surface area contributed by atoms with Gasteiger partial charge >= 0.3 is 6.09 Å². The lowest BCUT2D eigenvalue weighted by atomic mass is 10.1. The van der Waals surface area contributed by atoms with Crippen LogP contribution in [0.5, 0.6) is 0 Å². The van der Waals surface area contributed by atoms with Crippen molar-refractivity contribution < 1.29 is 9.53 Å². The summed E-state index contributed by atoms with van der Waals surface area (Å²) in [7, 11) is 0. The summed E-state index contributed by atoms with van der Waals surface area (Å²) < 4.78 is 5.18. The van der Waals surface area contributed by atoms with E-state index in [1.165, 1.54) is 0 Å². The van der Waals surface area contributed by atoms with Gasteiger partial charge in [-0.25, -0.2) is 4.79 Å². The third-order valence-electron chi connectivity index (χ3n) is 2.82. The zero-order chi connectivity index (χ0) is 12.3. The molecule has 94 valence electrons. The molecule has 1 heterocycles. The topological polar surface area (TPSA) is 32.8 Å². The minimum absolute atomic E-state index is 0.0341. The van der Waals surface area contributed by atoms with Crippen LogP contribution in [0.2, 0.25) is 0 Å². The summed E-state index contributed by atoms with van der Waals surface area (Å²) >= 11 is 0. The molecule has 1 rings (SSSR count). The Morgan fingerprint density at radius 2 is 1.62 bits per heavy atom. The van der Waals surface area contributed by atoms with Gasteiger partial charge in [0.2, 0.25) is 0 Å². The fourth-order valence-electron chi connectivity index (χ4n) is 1.84. The molecular weight excluding hydrogens is 204 g/mol. The normalized spacial score (nSPS) is 19.0. The Bertz CT molecular complexity index is 238. The van der Waals surface area contributed by atoms with Crippen LogP contribution < -0.4 is 0 Å². The Morgan fingerprint density at radius 3 is 2.00 bits per heavy atom. The largest absolute Gasteiger partial charge is 0.447 e. The van der Waals surface area contributed by atoms with E-state index in [1.807, 2.05) is 13.8 Å². The van der Waals surface area contributed by atoms with Gasteiger partial charge in [-0.1, -0.05) is 0 Å². The van der Waals surface area contributed by atoms with E-state index in [4.69, 9.17) is 4.74 Å². The lowest BCUT2D eigenvalue weighted by Gasteiger charge is -2.41. The van der Waals surface area contributed by atoms with Gasteiger partial charge < -0.3 is 9.64 Å². The molecule has 4 heteroatoms. The maximum atomic E-state index is 11.7. The van der Waals surface area contributed by atoms with Gasteiger partial charge in [-0.3, -0.25) is 4.90 Å². The van der Waals surface area contributed by atoms with E-state index in [0.29, 0.717) is 0 Å². The highest BCUT2D eigenvalue weighted by Crippen LogP contribution is 2.16. The summed E-state index contributed by atoms with van der Waals surface area (Å²) in [5.74, 6) is 0. The molecule has 1 aliphatic rings. The molecule has 0 aromatic rings. The van der Waals surface area contributed by atoms with Crippen molar-refractivity contribution in [2.24, 2.45) is 0 Å². The molecule has 1 aliphatic heterocycles. The molecule has 16 heavy (non-hydrogen) atoms. The Hall–Kier alpha value is -0.770. The summed E-state index contributed by atoms with van der Waals surface area (Å²) in [5, 5.41) is 0. The predicted molar refractivity (Wildman–Crippen MR) is 64.5 cm³/mol. The van der Waals surface area contributed by atoms with Crippen LogP contribution in [-0.4, -0.2) is 53.7 Å². The van der Waals surface area contributed by atoms with E-state index >= 15 is 0 Å². The fraction of sp³-hybridized carbons (Fsp3) is 0.917. The van der Waals surface area contributed by atoms with Gasteiger partial charge in [0.1, 0.15) is 0 Å². The van der Waals surface area contributed by atoms with Gasteiger partial charge in [0.25, 0.3) is 0 Å². The third-order valence-corrected chi connectivity index (χ3v) is 2.82. The second-order valence-corrected chi connectivity index (χ2v) is 5.58. The highest BCUT2D eigenvalue weighted by molar-refractivity contribution is 5.67. The van der Waals surface area contributed by atoms with Crippen molar-refractivity contribution >= 4 is 6.09 Å². The molecule has 0 unspecified atom stereocenters. The SMILES string of the molecule is CC(C)OC(=O)N1CCN(C(C)(C)C)CC1. The van der Waals surface area contributed by atoms with E-state index in [1.54, 1.807) is 4.90 Å². The molecule has 0 saturated carbocycles. The van der Waals surface area contributed by atoms with Crippen LogP contribution in [0.25, 0.3) is 0 Å². The van der Waals surface area contributed by atoms with E-state index in [0.717, 1.165) is 26.2 Å². The average Bonchev–Trinajstić information content (AvgIpc) is 2.15. The van der Waals surface area contributed by atoms with E-state index in [2.05, 4.69) is 25.7 Å². The quantitative estimate of drug-likeness (QED) is 0.687. The van der Waals surface area contributed by atoms with Gasteiger partial charge in [0.15, 0.2) is 0 Å². The van der Waals surface area contributed by atoms with Gasteiger partial charge in [0, 0.05) is 31.7 Å². The molecular formula is C12H24N2O2. The first-order chi connectivity index (χ1) is 7.30. The van der Waals surface area contributed by atoms with Crippen molar-refractivity contribution in [3.8, 4) is 0 Å². The maximum absolute atomic E-state index is 11.7. The molecule has 0 aromatic carbocycles. The molecule has 0 aliphatic carbocycles. The number of nitrogens with zero attached hydrogens (tertiary/aromatic N) is 2. The summed E-state index contributed by atoms with van der Waals surface area (Å²) in [6, 6.07) is 0. The molecule has 4 nitrogen and oxygen atoms in total. The smallest absolute Gasteiger partial charge is 0.410 e. The number of hydrogen-bond acceptors (Lipinski definition) is 3. The molecule has 0 bridgehead atoms. The van der Waals surface area contributed by atoms with Crippen LogP contribution in [0, 0.1) is 0 Å². The molecule has 1 amide bonds. The minimum atomic E-state index is -0.177. The Labute approximate surface area is 98.5 Å². The van der Waals surface area contributed by atoms with Crippen molar-refractivity contribution in [2.45, 2.75) is 46.3 Å². The number of carbonyl (C=O) groups is 1. The second-order valence-electron chi connectivity index (χ2n) is 5.58. The lowest BCUT2D eigenvalue weighted by molar-refractivity contribution is 0.0347. The number of carbonyl (C=O) groups excluding carboxylic acids is 1. The van der Waals surface area contributed by atoms with Crippen molar-refractivity contribution in [1.29, 1.82) is 0 Å². The van der Waals surface area contributed by atoms with E-state index in [9.17, 15) is 4.79 Å². The first-order valence-corrected chi connectivity index (χ1v) is 6.01. The molecule has 1 fully saturated rings. The summed E-state index contributed by atoms with van der Waals surface area (Å²) in [6.45, 7) is 13.8.